The third-order valence-electron chi connectivity index (χ3n) is 2.67. The lowest BCUT2D eigenvalue weighted by molar-refractivity contribution is 1.40. The summed E-state index contributed by atoms with van der Waals surface area (Å²) in [6, 6.07) is 12.1. The summed E-state index contributed by atoms with van der Waals surface area (Å²) >= 11 is 3.46. The van der Waals surface area contributed by atoms with E-state index in [1.54, 1.807) is 0 Å². The Bertz CT molecular complexity index is 550. The molecular formula is C14H15BrN2. The van der Waals surface area contributed by atoms with Crippen molar-refractivity contribution in [3.8, 4) is 0 Å². The van der Waals surface area contributed by atoms with E-state index in [0.717, 1.165) is 21.5 Å². The van der Waals surface area contributed by atoms with Gasteiger partial charge in [0.25, 0.3) is 0 Å². The highest BCUT2D eigenvalue weighted by atomic mass is 79.9. The molecule has 88 valence electrons. The molecule has 0 heterocycles. The Hall–Kier alpha value is -1.48. The zero-order valence-corrected chi connectivity index (χ0v) is 11.5. The van der Waals surface area contributed by atoms with Crippen molar-refractivity contribution in [3.63, 3.8) is 0 Å². The summed E-state index contributed by atoms with van der Waals surface area (Å²) in [5.41, 5.74) is 11.1. The molecule has 0 aliphatic carbocycles. The lowest BCUT2D eigenvalue weighted by atomic mass is 10.1. The molecule has 0 aliphatic heterocycles. The number of hydrogen-bond acceptors (Lipinski definition) is 2. The quantitative estimate of drug-likeness (QED) is 0.805. The number of nitrogen functional groups attached to an aromatic ring is 1. The molecule has 0 saturated carbocycles. The van der Waals surface area contributed by atoms with Crippen LogP contribution < -0.4 is 11.1 Å². The monoisotopic (exact) mass is 290 g/mol. The summed E-state index contributed by atoms with van der Waals surface area (Å²) in [7, 11) is 0. The largest absolute Gasteiger partial charge is 0.397 e. The van der Waals surface area contributed by atoms with Gasteiger partial charge in [0.05, 0.1) is 11.4 Å². The molecular weight excluding hydrogens is 276 g/mol. The first-order valence-electron chi connectivity index (χ1n) is 5.45. The summed E-state index contributed by atoms with van der Waals surface area (Å²) in [6.07, 6.45) is 0. The van der Waals surface area contributed by atoms with E-state index in [4.69, 9.17) is 5.73 Å². The van der Waals surface area contributed by atoms with Crippen LogP contribution in [0.3, 0.4) is 0 Å². The van der Waals surface area contributed by atoms with Crippen LogP contribution in [0.4, 0.5) is 17.1 Å². The first-order valence-corrected chi connectivity index (χ1v) is 6.25. The van der Waals surface area contributed by atoms with Crippen LogP contribution in [0.15, 0.2) is 40.9 Å². The molecule has 0 atom stereocenters. The van der Waals surface area contributed by atoms with Gasteiger partial charge < -0.3 is 11.1 Å². The first-order chi connectivity index (χ1) is 8.06. The molecule has 0 fully saturated rings. The number of halogens is 1. The van der Waals surface area contributed by atoms with Crippen molar-refractivity contribution >= 4 is 33.0 Å². The van der Waals surface area contributed by atoms with Crippen LogP contribution in [-0.2, 0) is 0 Å². The van der Waals surface area contributed by atoms with Crippen molar-refractivity contribution < 1.29 is 0 Å². The summed E-state index contributed by atoms with van der Waals surface area (Å²) in [4.78, 5) is 0. The Morgan fingerprint density at radius 2 is 1.76 bits per heavy atom. The van der Waals surface area contributed by atoms with E-state index in [2.05, 4.69) is 47.2 Å². The molecule has 3 heteroatoms. The van der Waals surface area contributed by atoms with Gasteiger partial charge in [0.2, 0.25) is 0 Å². The minimum atomic E-state index is 0.762. The highest BCUT2D eigenvalue weighted by Crippen LogP contribution is 2.27. The average Bonchev–Trinajstić information content (AvgIpc) is 2.27. The van der Waals surface area contributed by atoms with E-state index in [1.807, 2.05) is 24.3 Å². The molecule has 0 unspecified atom stereocenters. The van der Waals surface area contributed by atoms with Crippen molar-refractivity contribution in [3.05, 3.63) is 52.0 Å². The molecule has 0 bridgehead atoms. The Labute approximate surface area is 110 Å². The summed E-state index contributed by atoms with van der Waals surface area (Å²) in [6.45, 7) is 4.12. The molecule has 0 aliphatic rings. The van der Waals surface area contributed by atoms with Crippen LogP contribution in [0.1, 0.15) is 11.1 Å². The van der Waals surface area contributed by atoms with Crippen LogP contribution in [-0.4, -0.2) is 0 Å². The number of rotatable bonds is 2. The van der Waals surface area contributed by atoms with E-state index in [9.17, 15) is 0 Å². The fraction of sp³-hybridized carbons (Fsp3) is 0.143. The number of benzene rings is 2. The predicted molar refractivity (Wildman–Crippen MR) is 77.8 cm³/mol. The van der Waals surface area contributed by atoms with Crippen molar-refractivity contribution in [2.24, 2.45) is 0 Å². The predicted octanol–water partition coefficient (Wildman–Crippen LogP) is 4.39. The second kappa shape index (κ2) is 4.80. The third kappa shape index (κ3) is 2.80. The first kappa shape index (κ1) is 12.0. The summed E-state index contributed by atoms with van der Waals surface area (Å²) < 4.78 is 1.08. The highest BCUT2D eigenvalue weighted by molar-refractivity contribution is 9.10. The molecule has 2 aromatic rings. The van der Waals surface area contributed by atoms with Crippen LogP contribution in [0.5, 0.6) is 0 Å². The fourth-order valence-corrected chi connectivity index (χ4v) is 2.17. The standard InChI is InChI=1S/C14H15BrN2/c1-9-3-5-12(16)14(7-9)17-13-6-4-11(15)8-10(13)2/h3-8,17H,16H2,1-2H3. The van der Waals surface area contributed by atoms with Gasteiger partial charge in [-0.05, 0) is 55.3 Å². The highest BCUT2D eigenvalue weighted by Gasteiger charge is 2.03. The number of anilines is 3. The van der Waals surface area contributed by atoms with E-state index in [1.165, 1.54) is 11.1 Å². The molecule has 2 aromatic carbocycles. The van der Waals surface area contributed by atoms with Gasteiger partial charge in [-0.3, -0.25) is 0 Å². The number of nitrogens with one attached hydrogen (secondary N) is 1. The number of aryl methyl sites for hydroxylation is 2. The minimum Gasteiger partial charge on any atom is -0.397 e. The zero-order valence-electron chi connectivity index (χ0n) is 9.92. The van der Waals surface area contributed by atoms with E-state index in [0.29, 0.717) is 0 Å². The number of hydrogen-bond donors (Lipinski definition) is 2. The third-order valence-corrected chi connectivity index (χ3v) is 3.16. The maximum Gasteiger partial charge on any atom is 0.0620 e. The van der Waals surface area contributed by atoms with Crippen molar-refractivity contribution in [2.45, 2.75) is 13.8 Å². The fourth-order valence-electron chi connectivity index (χ4n) is 1.69. The van der Waals surface area contributed by atoms with Gasteiger partial charge in [0.1, 0.15) is 0 Å². The smallest absolute Gasteiger partial charge is 0.0620 e. The van der Waals surface area contributed by atoms with E-state index >= 15 is 0 Å². The minimum absolute atomic E-state index is 0.762. The summed E-state index contributed by atoms with van der Waals surface area (Å²) in [5, 5.41) is 3.36. The lowest BCUT2D eigenvalue weighted by Crippen LogP contribution is -1.98. The molecule has 0 aromatic heterocycles. The topological polar surface area (TPSA) is 38.0 Å². The molecule has 17 heavy (non-hydrogen) atoms. The molecule has 0 spiro atoms. The molecule has 3 N–H and O–H groups in total. The van der Waals surface area contributed by atoms with E-state index in [-0.39, 0.29) is 0 Å². The molecule has 0 radical (unpaired) electrons. The van der Waals surface area contributed by atoms with Gasteiger partial charge in [-0.25, -0.2) is 0 Å². The Balaban J connectivity index is 2.34. The van der Waals surface area contributed by atoms with Gasteiger partial charge >= 0.3 is 0 Å². The van der Waals surface area contributed by atoms with Gasteiger partial charge in [0, 0.05) is 10.2 Å². The number of nitrogens with two attached hydrogens (primary N) is 1. The van der Waals surface area contributed by atoms with Crippen LogP contribution >= 0.6 is 15.9 Å². The van der Waals surface area contributed by atoms with Gasteiger partial charge in [-0.15, -0.1) is 0 Å². The second-order valence-electron chi connectivity index (χ2n) is 4.17. The van der Waals surface area contributed by atoms with Gasteiger partial charge in [-0.1, -0.05) is 22.0 Å². The average molecular weight is 291 g/mol. The van der Waals surface area contributed by atoms with Crippen LogP contribution in [0.2, 0.25) is 0 Å². The van der Waals surface area contributed by atoms with Crippen LogP contribution in [0, 0.1) is 13.8 Å². The van der Waals surface area contributed by atoms with Gasteiger partial charge in [0.15, 0.2) is 0 Å². The zero-order chi connectivity index (χ0) is 12.4. The summed E-state index contributed by atoms with van der Waals surface area (Å²) in [5.74, 6) is 0. The van der Waals surface area contributed by atoms with Crippen molar-refractivity contribution in [2.75, 3.05) is 11.1 Å². The molecule has 2 nitrogen and oxygen atoms in total. The Morgan fingerprint density at radius 3 is 2.47 bits per heavy atom. The second-order valence-corrected chi connectivity index (χ2v) is 5.09. The van der Waals surface area contributed by atoms with Gasteiger partial charge in [-0.2, -0.15) is 0 Å². The normalized spacial score (nSPS) is 10.3. The molecule has 0 saturated heterocycles. The molecule has 2 rings (SSSR count). The van der Waals surface area contributed by atoms with E-state index < -0.39 is 0 Å². The molecule has 0 amide bonds. The lowest BCUT2D eigenvalue weighted by Gasteiger charge is -2.12. The van der Waals surface area contributed by atoms with Crippen LogP contribution in [0.25, 0.3) is 0 Å². The maximum atomic E-state index is 5.95. The van der Waals surface area contributed by atoms with Crippen molar-refractivity contribution in [1.82, 2.24) is 0 Å². The Kier molecular flexibility index (Phi) is 3.38. The Morgan fingerprint density at radius 1 is 1.00 bits per heavy atom. The van der Waals surface area contributed by atoms with Crippen molar-refractivity contribution in [1.29, 1.82) is 0 Å². The maximum absolute atomic E-state index is 5.95. The SMILES string of the molecule is Cc1ccc(N)c(Nc2ccc(Br)cc2C)c1.